The maximum Gasteiger partial charge on any atom is 0.306 e. The van der Waals surface area contributed by atoms with Gasteiger partial charge >= 0.3 is 5.97 Å². The minimum absolute atomic E-state index is 0.0723. The number of H-pyrrole nitrogens is 1. The normalized spacial score (nSPS) is 18.4. The number of carboxylic acid groups (broad SMARTS) is 1. The van der Waals surface area contributed by atoms with E-state index in [2.05, 4.69) is 10.2 Å². The summed E-state index contributed by atoms with van der Waals surface area (Å²) in [6.45, 7) is 4.37. The zero-order valence-corrected chi connectivity index (χ0v) is 20.7. The molecule has 0 aliphatic heterocycles. The van der Waals surface area contributed by atoms with E-state index < -0.39 is 28.9 Å². The zero-order chi connectivity index (χ0) is 25.8. The van der Waals surface area contributed by atoms with Gasteiger partial charge in [0, 0.05) is 40.7 Å². The lowest BCUT2D eigenvalue weighted by Gasteiger charge is -2.29. The van der Waals surface area contributed by atoms with Crippen LogP contribution >= 0.6 is 0 Å². The predicted molar refractivity (Wildman–Crippen MR) is 132 cm³/mol. The van der Waals surface area contributed by atoms with Gasteiger partial charge in [0.15, 0.2) is 17.4 Å². The average molecular weight is 498 g/mol. The van der Waals surface area contributed by atoms with Gasteiger partial charge in [0.2, 0.25) is 0 Å². The molecule has 9 heteroatoms. The molecule has 1 saturated carbocycles. The van der Waals surface area contributed by atoms with Crippen molar-refractivity contribution < 1.29 is 28.2 Å². The van der Waals surface area contributed by atoms with Crippen LogP contribution in [0.25, 0.3) is 27.5 Å². The average Bonchev–Trinajstić information content (AvgIpc) is 3.57. The number of benzene rings is 2. The zero-order valence-electron chi connectivity index (χ0n) is 20.7. The molecule has 1 fully saturated rings. The first-order valence-electron chi connectivity index (χ1n) is 11.9. The summed E-state index contributed by atoms with van der Waals surface area (Å²) in [5.41, 5.74) is 2.49. The Hall–Kier alpha value is -3.46. The van der Waals surface area contributed by atoms with Crippen LogP contribution in [0.15, 0.2) is 30.5 Å². The lowest BCUT2D eigenvalue weighted by molar-refractivity contribution is -0.141. The fourth-order valence-electron chi connectivity index (χ4n) is 5.85. The molecule has 1 aliphatic carbocycles. The molecule has 36 heavy (non-hydrogen) atoms. The van der Waals surface area contributed by atoms with Crippen molar-refractivity contribution in [2.45, 2.75) is 44.4 Å². The number of aromatic nitrogens is 3. The fourth-order valence-corrected chi connectivity index (χ4v) is 5.85. The molecule has 190 valence electrons. The Balaban J connectivity index is 1.92. The third kappa shape index (κ3) is 3.73. The maximum atomic E-state index is 16.2. The van der Waals surface area contributed by atoms with Crippen molar-refractivity contribution in [2.24, 2.45) is 5.92 Å². The number of hydrogen-bond donors (Lipinski definition) is 2. The van der Waals surface area contributed by atoms with Gasteiger partial charge in [0.25, 0.3) is 0 Å². The van der Waals surface area contributed by atoms with Gasteiger partial charge in [-0.15, -0.1) is 0 Å². The number of rotatable bonds is 7. The number of nitrogens with zero attached hydrogens (tertiary/aromatic N) is 2. The Labute approximate surface area is 207 Å². The van der Waals surface area contributed by atoms with E-state index in [1.807, 2.05) is 24.5 Å². The number of methoxy groups -OCH3 is 2. The molecule has 5 rings (SSSR count). The summed E-state index contributed by atoms with van der Waals surface area (Å²) >= 11 is 0. The monoisotopic (exact) mass is 497 g/mol. The van der Waals surface area contributed by atoms with E-state index in [9.17, 15) is 14.3 Å². The van der Waals surface area contributed by atoms with Crippen molar-refractivity contribution >= 4 is 27.8 Å². The highest BCUT2D eigenvalue weighted by molar-refractivity contribution is 6.00. The standard InChI is InChI=1S/C27H29F2N3O4/c1-27(2,13-35-3)25-21(14-5-6-15(9-14)26(33)34)22-19(10-16-12-30-31-24(16)23(22)29)32(25)17-7-8-18(28)20(11-17)36-4/h7-8,10-12,14-15H,5-6,9,13H2,1-4H3,(H,30,31)(H,33,34)/t14-,15-/m1/s1. The summed E-state index contributed by atoms with van der Waals surface area (Å²) in [5.74, 6) is -2.35. The van der Waals surface area contributed by atoms with Gasteiger partial charge in [-0.05, 0) is 48.9 Å². The maximum absolute atomic E-state index is 16.2. The lowest BCUT2D eigenvalue weighted by Crippen LogP contribution is -2.28. The van der Waals surface area contributed by atoms with Crippen molar-refractivity contribution in [1.82, 2.24) is 14.8 Å². The molecule has 7 nitrogen and oxygen atoms in total. The van der Waals surface area contributed by atoms with Crippen LogP contribution in [-0.2, 0) is 14.9 Å². The quantitative estimate of drug-likeness (QED) is 0.343. The van der Waals surface area contributed by atoms with Crippen LogP contribution in [0.3, 0.4) is 0 Å². The number of aromatic amines is 1. The third-order valence-electron chi connectivity index (χ3n) is 7.37. The minimum Gasteiger partial charge on any atom is -0.494 e. The van der Waals surface area contributed by atoms with Crippen molar-refractivity contribution in [2.75, 3.05) is 20.8 Å². The second-order valence-corrected chi connectivity index (χ2v) is 10.2. The Morgan fingerprint density at radius 1 is 1.25 bits per heavy atom. The van der Waals surface area contributed by atoms with Crippen LogP contribution in [0.4, 0.5) is 8.78 Å². The molecule has 2 aromatic heterocycles. The molecule has 4 aromatic rings. The molecular formula is C27H29F2N3O4. The molecule has 1 aliphatic rings. The highest BCUT2D eigenvalue weighted by Gasteiger charge is 2.40. The summed E-state index contributed by atoms with van der Waals surface area (Å²) in [4.78, 5) is 11.8. The van der Waals surface area contributed by atoms with Crippen LogP contribution in [0.5, 0.6) is 5.75 Å². The summed E-state index contributed by atoms with van der Waals surface area (Å²) < 4.78 is 43.4. The number of carboxylic acids is 1. The van der Waals surface area contributed by atoms with Gasteiger partial charge in [-0.3, -0.25) is 9.89 Å². The number of hydrogen-bond acceptors (Lipinski definition) is 4. The fraction of sp³-hybridized carbons (Fsp3) is 0.407. The molecule has 0 amide bonds. The number of nitrogens with one attached hydrogen (secondary N) is 1. The predicted octanol–water partition coefficient (Wildman–Crippen LogP) is 5.69. The largest absolute Gasteiger partial charge is 0.494 e. The Kier molecular flexibility index (Phi) is 5.98. The van der Waals surface area contributed by atoms with Crippen LogP contribution in [0.2, 0.25) is 0 Å². The second kappa shape index (κ2) is 8.89. The summed E-state index contributed by atoms with van der Waals surface area (Å²) in [6, 6.07) is 6.43. The Morgan fingerprint density at radius 2 is 2.03 bits per heavy atom. The first-order valence-corrected chi connectivity index (χ1v) is 11.9. The lowest BCUT2D eigenvalue weighted by atomic mass is 9.82. The highest BCUT2D eigenvalue weighted by atomic mass is 19.1. The van der Waals surface area contributed by atoms with Crippen molar-refractivity contribution in [3.63, 3.8) is 0 Å². The summed E-state index contributed by atoms with van der Waals surface area (Å²) in [7, 11) is 3.01. The molecule has 0 saturated heterocycles. The summed E-state index contributed by atoms with van der Waals surface area (Å²) in [6.07, 6.45) is 3.13. The third-order valence-corrected chi connectivity index (χ3v) is 7.37. The van der Waals surface area contributed by atoms with Crippen molar-refractivity contribution in [3.05, 3.63) is 53.4 Å². The van der Waals surface area contributed by atoms with E-state index in [-0.39, 0.29) is 11.7 Å². The second-order valence-electron chi connectivity index (χ2n) is 10.2. The van der Waals surface area contributed by atoms with E-state index in [1.54, 1.807) is 25.4 Å². The van der Waals surface area contributed by atoms with Gasteiger partial charge in [-0.1, -0.05) is 13.8 Å². The summed E-state index contributed by atoms with van der Waals surface area (Å²) in [5, 5.41) is 17.5. The van der Waals surface area contributed by atoms with E-state index >= 15 is 4.39 Å². The van der Waals surface area contributed by atoms with Gasteiger partial charge in [-0.25, -0.2) is 8.78 Å². The molecule has 0 bridgehead atoms. The number of fused-ring (bicyclic) bond motifs is 2. The number of ether oxygens (including phenoxy) is 2. The molecule has 2 aromatic carbocycles. The smallest absolute Gasteiger partial charge is 0.306 e. The molecule has 2 atom stereocenters. The highest BCUT2D eigenvalue weighted by Crippen LogP contribution is 2.49. The minimum atomic E-state index is -0.835. The Bertz CT molecular complexity index is 1470. The van der Waals surface area contributed by atoms with Gasteiger partial charge < -0.3 is 19.1 Å². The van der Waals surface area contributed by atoms with E-state index in [4.69, 9.17) is 9.47 Å². The molecule has 0 unspecified atom stereocenters. The van der Waals surface area contributed by atoms with Gasteiger partial charge in [-0.2, -0.15) is 5.10 Å². The van der Waals surface area contributed by atoms with Gasteiger partial charge in [0.1, 0.15) is 5.52 Å². The topological polar surface area (TPSA) is 89.4 Å². The van der Waals surface area contributed by atoms with Crippen LogP contribution < -0.4 is 4.74 Å². The molecular weight excluding hydrogens is 468 g/mol. The SMILES string of the molecule is COCC(C)(C)c1c([C@@H]2CC[C@@H](C(=O)O)C2)c2c(F)c3[nH]ncc3cc2n1-c1ccc(F)c(OC)c1. The first-order chi connectivity index (χ1) is 17.2. The molecule has 0 radical (unpaired) electrons. The van der Waals surface area contributed by atoms with Gasteiger partial charge in [0.05, 0.1) is 31.3 Å². The molecule has 2 heterocycles. The number of carbonyl (C=O) groups is 1. The first kappa shape index (κ1) is 24.2. The van der Waals surface area contributed by atoms with E-state index in [0.29, 0.717) is 53.4 Å². The van der Waals surface area contributed by atoms with E-state index in [0.717, 1.165) is 11.3 Å². The van der Waals surface area contributed by atoms with Crippen molar-refractivity contribution in [3.8, 4) is 11.4 Å². The molecule has 2 N–H and O–H groups in total. The molecule has 0 spiro atoms. The number of aliphatic carboxylic acids is 1. The van der Waals surface area contributed by atoms with Crippen molar-refractivity contribution in [1.29, 1.82) is 0 Å². The van der Waals surface area contributed by atoms with Crippen LogP contribution in [0.1, 0.15) is 50.3 Å². The van der Waals surface area contributed by atoms with Crippen LogP contribution in [-0.4, -0.2) is 46.7 Å². The Morgan fingerprint density at radius 3 is 2.69 bits per heavy atom. The number of halogens is 2. The van der Waals surface area contributed by atoms with Crippen LogP contribution in [0, 0.1) is 17.6 Å². The van der Waals surface area contributed by atoms with E-state index in [1.165, 1.54) is 13.2 Å².